The second-order valence-corrected chi connectivity index (χ2v) is 7.36. The molecule has 2 N–H and O–H groups in total. The van der Waals surface area contributed by atoms with Gasteiger partial charge in [0.05, 0.1) is 19.3 Å². The summed E-state index contributed by atoms with van der Waals surface area (Å²) in [7, 11) is 3.71. The maximum atomic E-state index is 12.5. The maximum absolute atomic E-state index is 12.5. The number of likely N-dealkylation sites (N-methyl/N-ethyl adjacent to an activating group) is 1. The van der Waals surface area contributed by atoms with E-state index < -0.39 is 0 Å². The average molecular weight is 429 g/mol. The highest BCUT2D eigenvalue weighted by Crippen LogP contribution is 2.37. The number of alkyl halides is 1. The molecular weight excluding hydrogens is 395 g/mol. The Bertz CT molecular complexity index is 619. The number of piperidine rings is 1. The lowest BCUT2D eigenvalue weighted by molar-refractivity contribution is -0.123. The van der Waals surface area contributed by atoms with E-state index in [2.05, 4.69) is 21.9 Å². The maximum Gasteiger partial charge on any atom is 0.290 e. The van der Waals surface area contributed by atoms with Crippen LogP contribution in [0.2, 0.25) is 0 Å². The number of likely N-dealkylation sites (tertiary alicyclic amines) is 1. The van der Waals surface area contributed by atoms with Crippen molar-refractivity contribution in [2.75, 3.05) is 47.1 Å². The molecule has 1 spiro atoms. The van der Waals surface area contributed by atoms with Gasteiger partial charge in [0.1, 0.15) is 12.4 Å². The normalized spacial score (nSPS) is 19.9. The standard InChI is InChI=1S/C19H29FN2O2.2CH2O2/c1-21(11-8-20)17-13-19(24-15-17)6-9-22(10-7-19)14-16-4-3-5-18(12-16)23-2;2*2-1-3/h3-5,12,17H,6-11,13-15H2,1-2H3;2*1H,(H,2,3). The van der Waals surface area contributed by atoms with Crippen LogP contribution in [0, 0.1) is 0 Å². The van der Waals surface area contributed by atoms with Crippen LogP contribution in [0.25, 0.3) is 0 Å². The van der Waals surface area contributed by atoms with Crippen LogP contribution >= 0.6 is 0 Å². The van der Waals surface area contributed by atoms with E-state index in [9.17, 15) is 4.39 Å². The number of hydrogen-bond donors (Lipinski definition) is 2. The highest BCUT2D eigenvalue weighted by atomic mass is 19.1. The molecule has 0 amide bonds. The van der Waals surface area contributed by atoms with Gasteiger partial charge in [-0.2, -0.15) is 0 Å². The zero-order valence-corrected chi connectivity index (χ0v) is 17.7. The molecule has 1 aromatic rings. The molecule has 1 unspecified atom stereocenters. The van der Waals surface area contributed by atoms with Crippen molar-refractivity contribution < 1.29 is 33.7 Å². The first-order valence-corrected chi connectivity index (χ1v) is 9.88. The second-order valence-electron chi connectivity index (χ2n) is 7.36. The molecule has 1 aromatic carbocycles. The first-order valence-electron chi connectivity index (χ1n) is 9.88. The van der Waals surface area contributed by atoms with Crippen LogP contribution in [0.4, 0.5) is 4.39 Å². The van der Waals surface area contributed by atoms with Gasteiger partial charge in [-0.3, -0.25) is 19.4 Å². The van der Waals surface area contributed by atoms with Crippen molar-refractivity contribution >= 4 is 12.9 Å². The van der Waals surface area contributed by atoms with Crippen molar-refractivity contribution in [2.45, 2.75) is 37.5 Å². The molecule has 2 fully saturated rings. The van der Waals surface area contributed by atoms with Gasteiger partial charge in [0.15, 0.2) is 0 Å². The number of benzene rings is 1. The molecule has 2 heterocycles. The Morgan fingerprint density at radius 2 is 1.93 bits per heavy atom. The van der Waals surface area contributed by atoms with Crippen molar-refractivity contribution in [3.63, 3.8) is 0 Å². The molecule has 1 atom stereocenters. The molecule has 2 saturated heterocycles. The second kappa shape index (κ2) is 13.9. The minimum atomic E-state index is -0.283. The Labute approximate surface area is 177 Å². The molecule has 0 aliphatic carbocycles. The molecule has 170 valence electrons. The van der Waals surface area contributed by atoms with Crippen LogP contribution < -0.4 is 4.74 Å². The lowest BCUT2D eigenvalue weighted by Crippen LogP contribution is -2.44. The minimum Gasteiger partial charge on any atom is -0.497 e. The van der Waals surface area contributed by atoms with E-state index in [4.69, 9.17) is 29.3 Å². The van der Waals surface area contributed by atoms with Gasteiger partial charge in [0.2, 0.25) is 0 Å². The first-order chi connectivity index (χ1) is 14.5. The van der Waals surface area contributed by atoms with Crippen LogP contribution in [0.5, 0.6) is 5.75 Å². The Morgan fingerprint density at radius 1 is 1.30 bits per heavy atom. The fraction of sp³-hybridized carbons (Fsp3) is 0.619. The summed E-state index contributed by atoms with van der Waals surface area (Å²) in [5.41, 5.74) is 1.30. The van der Waals surface area contributed by atoms with Gasteiger partial charge in [-0.25, -0.2) is 4.39 Å². The van der Waals surface area contributed by atoms with Crippen molar-refractivity contribution in [2.24, 2.45) is 0 Å². The summed E-state index contributed by atoms with van der Waals surface area (Å²) in [5.74, 6) is 0.916. The van der Waals surface area contributed by atoms with Gasteiger partial charge in [-0.1, -0.05) is 12.1 Å². The van der Waals surface area contributed by atoms with E-state index in [1.807, 2.05) is 19.2 Å². The van der Waals surface area contributed by atoms with Crippen molar-refractivity contribution in [1.29, 1.82) is 0 Å². The zero-order chi connectivity index (χ0) is 22.4. The van der Waals surface area contributed by atoms with E-state index in [1.165, 1.54) is 5.56 Å². The average Bonchev–Trinajstić information content (AvgIpc) is 3.15. The number of carbonyl (C=O) groups is 2. The van der Waals surface area contributed by atoms with Crippen molar-refractivity contribution in [1.82, 2.24) is 9.80 Å². The molecule has 9 heteroatoms. The summed E-state index contributed by atoms with van der Waals surface area (Å²) in [4.78, 5) is 21.3. The van der Waals surface area contributed by atoms with Crippen LogP contribution in [-0.2, 0) is 20.9 Å². The number of halogens is 1. The number of rotatable bonds is 6. The molecule has 8 nitrogen and oxygen atoms in total. The highest BCUT2D eigenvalue weighted by molar-refractivity contribution is 5.33. The molecule has 0 bridgehead atoms. The lowest BCUT2D eigenvalue weighted by Gasteiger charge is -2.39. The van der Waals surface area contributed by atoms with Gasteiger partial charge in [0.25, 0.3) is 12.9 Å². The number of carboxylic acid groups (broad SMARTS) is 2. The Hall–Kier alpha value is -2.23. The summed E-state index contributed by atoms with van der Waals surface area (Å²) in [6.45, 7) is 3.53. The van der Waals surface area contributed by atoms with Crippen molar-refractivity contribution in [3.05, 3.63) is 29.8 Å². The first kappa shape index (κ1) is 25.8. The number of methoxy groups -OCH3 is 1. The lowest BCUT2D eigenvalue weighted by atomic mass is 9.87. The largest absolute Gasteiger partial charge is 0.497 e. The van der Waals surface area contributed by atoms with Gasteiger partial charge in [-0.15, -0.1) is 0 Å². The third-order valence-corrected chi connectivity index (χ3v) is 5.56. The van der Waals surface area contributed by atoms with Gasteiger partial charge in [0, 0.05) is 32.2 Å². The Morgan fingerprint density at radius 3 is 2.50 bits per heavy atom. The van der Waals surface area contributed by atoms with Crippen LogP contribution in [0.1, 0.15) is 24.8 Å². The van der Waals surface area contributed by atoms with E-state index in [-0.39, 0.29) is 25.2 Å². The van der Waals surface area contributed by atoms with Gasteiger partial charge < -0.3 is 19.7 Å². The fourth-order valence-electron chi connectivity index (χ4n) is 3.92. The number of hydrogen-bond acceptors (Lipinski definition) is 6. The highest BCUT2D eigenvalue weighted by Gasteiger charge is 2.43. The van der Waals surface area contributed by atoms with E-state index in [0.29, 0.717) is 12.6 Å². The molecule has 30 heavy (non-hydrogen) atoms. The molecule has 2 aliphatic rings. The summed E-state index contributed by atoms with van der Waals surface area (Å²) >= 11 is 0. The number of nitrogens with zero attached hydrogens (tertiary/aromatic N) is 2. The third-order valence-electron chi connectivity index (χ3n) is 5.56. The minimum absolute atomic E-state index is 0.0140. The summed E-state index contributed by atoms with van der Waals surface area (Å²) < 4.78 is 24.0. The predicted octanol–water partition coefficient (Wildman–Crippen LogP) is 2.12. The summed E-state index contributed by atoms with van der Waals surface area (Å²) in [6, 6.07) is 8.66. The quantitative estimate of drug-likeness (QED) is 0.665. The molecule has 0 saturated carbocycles. The van der Waals surface area contributed by atoms with Gasteiger partial charge in [-0.05, 0) is 44.0 Å². The SMILES string of the molecule is COc1cccc(CN2CCC3(CC2)CC(N(C)CCF)CO3)c1.O=CO.O=CO. The van der Waals surface area contributed by atoms with Crippen LogP contribution in [-0.4, -0.2) is 91.7 Å². The fourth-order valence-corrected chi connectivity index (χ4v) is 3.92. The Kier molecular flexibility index (Phi) is 12.0. The summed E-state index contributed by atoms with van der Waals surface area (Å²) in [6.07, 6.45) is 3.17. The van der Waals surface area contributed by atoms with E-state index in [1.54, 1.807) is 7.11 Å². The molecule has 2 aliphatic heterocycles. The smallest absolute Gasteiger partial charge is 0.290 e. The van der Waals surface area contributed by atoms with Crippen molar-refractivity contribution in [3.8, 4) is 5.75 Å². The summed E-state index contributed by atoms with van der Waals surface area (Å²) in [5, 5.41) is 13.8. The zero-order valence-electron chi connectivity index (χ0n) is 17.7. The predicted molar refractivity (Wildman–Crippen MR) is 111 cm³/mol. The third kappa shape index (κ3) is 8.25. The van der Waals surface area contributed by atoms with Gasteiger partial charge >= 0.3 is 0 Å². The van der Waals surface area contributed by atoms with Crippen LogP contribution in [0.3, 0.4) is 0 Å². The molecular formula is C21H33FN2O6. The molecule has 0 aromatic heterocycles. The monoisotopic (exact) mass is 428 g/mol. The van der Waals surface area contributed by atoms with E-state index >= 15 is 0 Å². The molecule has 0 radical (unpaired) electrons. The topological polar surface area (TPSA) is 99.5 Å². The van der Waals surface area contributed by atoms with E-state index in [0.717, 1.165) is 51.3 Å². The Balaban J connectivity index is 0.000000672. The van der Waals surface area contributed by atoms with Crippen LogP contribution in [0.15, 0.2) is 24.3 Å². The molecule has 3 rings (SSSR count). The number of ether oxygens (including phenoxy) is 2.